The van der Waals surface area contributed by atoms with Gasteiger partial charge in [0, 0.05) is 13.1 Å². The first-order valence-electron chi connectivity index (χ1n) is 3.91. The van der Waals surface area contributed by atoms with Gasteiger partial charge in [-0.1, -0.05) is 31.9 Å². The summed E-state index contributed by atoms with van der Waals surface area (Å²) < 4.78 is 2.30. The van der Waals surface area contributed by atoms with Crippen LogP contribution in [0.15, 0.2) is 0 Å². The molecule has 0 saturated carbocycles. The highest BCUT2D eigenvalue weighted by Crippen LogP contribution is 2.14. The zero-order valence-electron chi connectivity index (χ0n) is 6.84. The molecule has 0 amide bonds. The van der Waals surface area contributed by atoms with Crippen LogP contribution in [0.1, 0.15) is 33.1 Å². The van der Waals surface area contributed by atoms with Gasteiger partial charge in [-0.25, -0.2) is 4.31 Å². The molecule has 0 rings (SSSR count). The van der Waals surface area contributed by atoms with Crippen molar-refractivity contribution < 1.29 is 0 Å². The zero-order valence-corrected chi connectivity index (χ0v) is 8.55. The predicted octanol–water partition coefficient (Wildman–Crippen LogP) is 2.99. The summed E-state index contributed by atoms with van der Waals surface area (Å²) in [4.78, 5) is 0. The van der Waals surface area contributed by atoms with Crippen LogP contribution >= 0.6 is 22.6 Å². The molecule has 0 aromatic carbocycles. The molecule has 3 heteroatoms. The van der Waals surface area contributed by atoms with E-state index in [0.29, 0.717) is 0 Å². The Hall–Kier alpha value is 0.660. The molecule has 0 aromatic rings. The lowest BCUT2D eigenvalue weighted by Gasteiger charge is -2.15. The first-order valence-corrected chi connectivity index (χ1v) is 5.74. The molecule has 0 bridgehead atoms. The Bertz CT molecular complexity index is 68.6. The molecule has 0 unspecified atom stereocenters. The van der Waals surface area contributed by atoms with Crippen LogP contribution in [0.5, 0.6) is 0 Å². The molecule has 0 aliphatic heterocycles. The van der Waals surface area contributed by atoms with Gasteiger partial charge in [-0.15, -0.1) is 0 Å². The highest BCUT2D eigenvalue weighted by atomic mass is 33.1. The lowest BCUT2D eigenvalue weighted by molar-refractivity contribution is 0.459. The standard InChI is InChI=1S/C7H17NS2/c1-3-5-7-8(10-9)6-4-2/h9H,3-7H2,1-2H3. The van der Waals surface area contributed by atoms with E-state index in [9.17, 15) is 0 Å². The van der Waals surface area contributed by atoms with E-state index in [0.717, 1.165) is 6.54 Å². The minimum Gasteiger partial charge on any atom is -0.241 e. The van der Waals surface area contributed by atoms with Crippen LogP contribution in [0.3, 0.4) is 0 Å². The van der Waals surface area contributed by atoms with Crippen LogP contribution in [0.25, 0.3) is 0 Å². The minimum atomic E-state index is 1.16. The summed E-state index contributed by atoms with van der Waals surface area (Å²) in [7, 11) is 1.56. The number of unbranched alkanes of at least 4 members (excludes halogenated alkanes) is 1. The van der Waals surface area contributed by atoms with Gasteiger partial charge in [0.1, 0.15) is 0 Å². The molecule has 0 spiro atoms. The summed E-state index contributed by atoms with van der Waals surface area (Å²) in [6.45, 7) is 6.75. The molecular weight excluding hydrogens is 162 g/mol. The van der Waals surface area contributed by atoms with E-state index in [1.807, 2.05) is 0 Å². The third-order valence-electron chi connectivity index (χ3n) is 1.35. The molecule has 10 heavy (non-hydrogen) atoms. The van der Waals surface area contributed by atoms with Crippen molar-refractivity contribution in [2.45, 2.75) is 33.1 Å². The predicted molar refractivity (Wildman–Crippen MR) is 53.3 cm³/mol. The minimum absolute atomic E-state index is 1.16. The van der Waals surface area contributed by atoms with Gasteiger partial charge in [-0.2, -0.15) is 0 Å². The van der Waals surface area contributed by atoms with Crippen LogP contribution in [0, 0.1) is 0 Å². The SMILES string of the molecule is CCCCN(CCC)SS. The van der Waals surface area contributed by atoms with E-state index in [-0.39, 0.29) is 0 Å². The summed E-state index contributed by atoms with van der Waals surface area (Å²) >= 11 is 4.17. The molecule has 0 aliphatic rings. The summed E-state index contributed by atoms with van der Waals surface area (Å²) in [5.74, 6) is 0. The van der Waals surface area contributed by atoms with E-state index in [2.05, 4.69) is 29.8 Å². The molecule has 62 valence electrons. The Kier molecular flexibility index (Phi) is 8.28. The normalized spacial score (nSPS) is 10.8. The van der Waals surface area contributed by atoms with Crippen molar-refractivity contribution in [1.82, 2.24) is 4.31 Å². The molecule has 0 aliphatic carbocycles. The Balaban J connectivity index is 3.21. The van der Waals surface area contributed by atoms with Gasteiger partial charge in [0.15, 0.2) is 0 Å². The highest BCUT2D eigenvalue weighted by molar-refractivity contribution is 8.67. The van der Waals surface area contributed by atoms with Gasteiger partial charge in [-0.3, -0.25) is 0 Å². The van der Waals surface area contributed by atoms with E-state index in [1.165, 1.54) is 25.8 Å². The summed E-state index contributed by atoms with van der Waals surface area (Å²) in [5.41, 5.74) is 0. The van der Waals surface area contributed by atoms with Gasteiger partial charge in [0.2, 0.25) is 0 Å². The zero-order chi connectivity index (χ0) is 7.82. The van der Waals surface area contributed by atoms with E-state index in [4.69, 9.17) is 0 Å². The Morgan fingerprint density at radius 2 is 1.90 bits per heavy atom. The van der Waals surface area contributed by atoms with Crippen molar-refractivity contribution in [1.29, 1.82) is 0 Å². The molecule has 0 atom stereocenters. The van der Waals surface area contributed by atoms with E-state index >= 15 is 0 Å². The van der Waals surface area contributed by atoms with Crippen LogP contribution in [0.2, 0.25) is 0 Å². The Morgan fingerprint density at radius 1 is 1.20 bits per heavy atom. The fourth-order valence-corrected chi connectivity index (χ4v) is 1.74. The van der Waals surface area contributed by atoms with Gasteiger partial charge in [-0.05, 0) is 23.8 Å². The third-order valence-corrected chi connectivity index (χ3v) is 2.64. The van der Waals surface area contributed by atoms with Crippen molar-refractivity contribution in [3.63, 3.8) is 0 Å². The summed E-state index contributed by atoms with van der Waals surface area (Å²) in [5, 5.41) is 0. The molecule has 0 aromatic heterocycles. The fraction of sp³-hybridized carbons (Fsp3) is 1.00. The van der Waals surface area contributed by atoms with Gasteiger partial charge in [0.05, 0.1) is 0 Å². The molecule has 0 N–H and O–H groups in total. The molecule has 1 nitrogen and oxygen atoms in total. The van der Waals surface area contributed by atoms with E-state index in [1.54, 1.807) is 11.0 Å². The second-order valence-electron chi connectivity index (χ2n) is 2.36. The average Bonchev–Trinajstić information content (AvgIpc) is 1.98. The first kappa shape index (κ1) is 10.7. The van der Waals surface area contributed by atoms with Crippen LogP contribution in [-0.2, 0) is 0 Å². The van der Waals surface area contributed by atoms with Crippen LogP contribution in [-0.4, -0.2) is 17.4 Å². The quantitative estimate of drug-likeness (QED) is 0.379. The monoisotopic (exact) mass is 179 g/mol. The second kappa shape index (κ2) is 7.76. The van der Waals surface area contributed by atoms with Crippen LogP contribution in [0.4, 0.5) is 0 Å². The maximum Gasteiger partial charge on any atom is 0.00970 e. The molecule has 0 radical (unpaired) electrons. The van der Waals surface area contributed by atoms with Gasteiger partial charge in [0.25, 0.3) is 0 Å². The second-order valence-corrected chi connectivity index (χ2v) is 3.53. The van der Waals surface area contributed by atoms with Crippen molar-refractivity contribution in [3.05, 3.63) is 0 Å². The summed E-state index contributed by atoms with van der Waals surface area (Å²) in [6, 6.07) is 0. The third kappa shape index (κ3) is 5.45. The molecule has 0 saturated heterocycles. The number of rotatable bonds is 6. The van der Waals surface area contributed by atoms with Crippen molar-refractivity contribution >= 4 is 22.6 Å². The number of hydrogen-bond donors (Lipinski definition) is 1. The van der Waals surface area contributed by atoms with Crippen LogP contribution < -0.4 is 0 Å². The molecule has 0 fully saturated rings. The fourth-order valence-electron chi connectivity index (χ4n) is 0.777. The number of thiol groups is 1. The lowest BCUT2D eigenvalue weighted by atomic mass is 10.3. The van der Waals surface area contributed by atoms with Crippen molar-refractivity contribution in [2.24, 2.45) is 0 Å². The molecular formula is C7H17NS2. The number of hydrogen-bond acceptors (Lipinski definition) is 3. The van der Waals surface area contributed by atoms with Gasteiger partial charge < -0.3 is 0 Å². The van der Waals surface area contributed by atoms with E-state index < -0.39 is 0 Å². The van der Waals surface area contributed by atoms with Crippen molar-refractivity contribution in [2.75, 3.05) is 13.1 Å². The van der Waals surface area contributed by atoms with Gasteiger partial charge >= 0.3 is 0 Å². The Morgan fingerprint density at radius 3 is 2.30 bits per heavy atom. The highest BCUT2D eigenvalue weighted by Gasteiger charge is 1.99. The maximum atomic E-state index is 4.17. The lowest BCUT2D eigenvalue weighted by Crippen LogP contribution is -2.15. The average molecular weight is 179 g/mol. The number of nitrogens with zero attached hydrogens (tertiary/aromatic N) is 1. The Labute approximate surface area is 73.5 Å². The molecule has 0 heterocycles. The maximum absolute atomic E-state index is 4.17. The largest absolute Gasteiger partial charge is 0.241 e. The van der Waals surface area contributed by atoms with Crippen molar-refractivity contribution in [3.8, 4) is 0 Å². The smallest absolute Gasteiger partial charge is 0.00970 e. The first-order chi connectivity index (χ1) is 4.85. The topological polar surface area (TPSA) is 3.24 Å². The summed E-state index contributed by atoms with van der Waals surface area (Å²) in [6.07, 6.45) is 3.78.